The molecule has 0 unspecified atom stereocenters. The number of carbonyl (C=O) groups is 2. The molecule has 4 rings (SSSR count). The monoisotopic (exact) mass is 473 g/mol. The molecule has 2 aromatic rings. The molecule has 3 heterocycles. The van der Waals surface area contributed by atoms with E-state index in [0.717, 1.165) is 12.0 Å². The third-order valence-electron chi connectivity index (χ3n) is 6.70. The van der Waals surface area contributed by atoms with E-state index in [0.29, 0.717) is 50.0 Å². The molecule has 2 N–H and O–H groups in total. The number of aromatic nitrogens is 1. The number of carbonyl (C=O) groups excluding carboxylic acids is 2. The molecule has 2 aliphatic rings. The SMILES string of the molecule is CCCOC(=O)c1cn2c3c(c(N4CCC(OC(=O)[C@H](C)N)CC4)c(F)cc3c1=O)CC[C@@H]2C. The summed E-state index contributed by atoms with van der Waals surface area (Å²) in [5.74, 6) is -1.59. The fourth-order valence-electron chi connectivity index (χ4n) is 4.86. The minimum atomic E-state index is -0.678. The number of halogens is 1. The molecule has 8 nitrogen and oxygen atoms in total. The number of nitrogens with two attached hydrogens (primary N) is 1. The number of piperidine rings is 1. The molecule has 184 valence electrons. The Kier molecular flexibility index (Phi) is 6.93. The van der Waals surface area contributed by atoms with Gasteiger partial charge < -0.3 is 24.7 Å². The summed E-state index contributed by atoms with van der Waals surface area (Å²) in [6.07, 6.45) is 4.49. The number of pyridine rings is 1. The molecular formula is C25H32FN3O5. The van der Waals surface area contributed by atoms with Gasteiger partial charge in [-0.25, -0.2) is 9.18 Å². The molecule has 0 saturated carbocycles. The Bertz CT molecular complexity index is 1170. The molecule has 0 amide bonds. The number of benzene rings is 1. The zero-order valence-corrected chi connectivity index (χ0v) is 19.9. The third kappa shape index (κ3) is 4.41. The number of hydrogen-bond acceptors (Lipinski definition) is 7. The zero-order chi connectivity index (χ0) is 24.6. The van der Waals surface area contributed by atoms with Gasteiger partial charge in [0.05, 0.1) is 17.8 Å². The van der Waals surface area contributed by atoms with Crippen molar-refractivity contribution < 1.29 is 23.5 Å². The van der Waals surface area contributed by atoms with Crippen LogP contribution >= 0.6 is 0 Å². The van der Waals surface area contributed by atoms with Gasteiger partial charge in [-0.1, -0.05) is 6.92 Å². The predicted octanol–water partition coefficient (Wildman–Crippen LogP) is 3.07. The highest BCUT2D eigenvalue weighted by Crippen LogP contribution is 2.39. The summed E-state index contributed by atoms with van der Waals surface area (Å²) in [6, 6.07) is 0.627. The van der Waals surface area contributed by atoms with Gasteiger partial charge in [-0.2, -0.15) is 0 Å². The second kappa shape index (κ2) is 9.74. The van der Waals surface area contributed by atoms with E-state index < -0.39 is 29.2 Å². The van der Waals surface area contributed by atoms with Gasteiger partial charge in [0.1, 0.15) is 23.5 Å². The Morgan fingerprint density at radius 3 is 2.62 bits per heavy atom. The maximum atomic E-state index is 15.5. The van der Waals surface area contributed by atoms with Gasteiger partial charge in [-0.15, -0.1) is 0 Å². The summed E-state index contributed by atoms with van der Waals surface area (Å²) < 4.78 is 28.1. The summed E-state index contributed by atoms with van der Waals surface area (Å²) >= 11 is 0. The van der Waals surface area contributed by atoms with Crippen LogP contribution in [0.15, 0.2) is 17.1 Å². The number of esters is 2. The van der Waals surface area contributed by atoms with Crippen molar-refractivity contribution in [3.05, 3.63) is 39.4 Å². The van der Waals surface area contributed by atoms with Crippen LogP contribution in [0.3, 0.4) is 0 Å². The molecule has 0 spiro atoms. The summed E-state index contributed by atoms with van der Waals surface area (Å²) in [4.78, 5) is 39.5. The van der Waals surface area contributed by atoms with Gasteiger partial charge >= 0.3 is 11.9 Å². The second-order valence-electron chi connectivity index (χ2n) is 9.30. The van der Waals surface area contributed by atoms with E-state index in [-0.39, 0.29) is 29.7 Å². The van der Waals surface area contributed by atoms with Crippen molar-refractivity contribution in [3.8, 4) is 0 Å². The molecule has 0 aliphatic carbocycles. The highest BCUT2D eigenvalue weighted by molar-refractivity contribution is 5.96. The highest BCUT2D eigenvalue weighted by atomic mass is 19.1. The third-order valence-corrected chi connectivity index (χ3v) is 6.70. The van der Waals surface area contributed by atoms with Crippen LogP contribution in [0.4, 0.5) is 10.1 Å². The molecule has 9 heteroatoms. The first kappa shape index (κ1) is 24.2. The van der Waals surface area contributed by atoms with Gasteiger partial charge in [-0.05, 0) is 39.2 Å². The molecule has 1 fully saturated rings. The Labute approximate surface area is 197 Å². The lowest BCUT2D eigenvalue weighted by molar-refractivity contribution is -0.151. The van der Waals surface area contributed by atoms with Crippen molar-refractivity contribution in [3.63, 3.8) is 0 Å². The molecular weight excluding hydrogens is 441 g/mol. The van der Waals surface area contributed by atoms with E-state index in [1.54, 1.807) is 13.1 Å². The van der Waals surface area contributed by atoms with E-state index in [1.165, 1.54) is 6.07 Å². The Balaban J connectivity index is 1.71. The van der Waals surface area contributed by atoms with E-state index in [4.69, 9.17) is 15.2 Å². The summed E-state index contributed by atoms with van der Waals surface area (Å²) in [5.41, 5.74) is 6.97. The van der Waals surface area contributed by atoms with Crippen LogP contribution < -0.4 is 16.1 Å². The molecule has 1 saturated heterocycles. The minimum absolute atomic E-state index is 0.0510. The molecule has 1 aromatic carbocycles. The summed E-state index contributed by atoms with van der Waals surface area (Å²) in [6.45, 7) is 6.75. The van der Waals surface area contributed by atoms with Crippen LogP contribution in [-0.4, -0.2) is 48.3 Å². The quantitative estimate of drug-likeness (QED) is 0.643. The number of ether oxygens (including phenoxy) is 2. The first-order chi connectivity index (χ1) is 16.2. The fraction of sp³-hybridized carbons (Fsp3) is 0.560. The van der Waals surface area contributed by atoms with Gasteiger partial charge in [0.2, 0.25) is 5.43 Å². The van der Waals surface area contributed by atoms with Crippen molar-refractivity contribution in [1.82, 2.24) is 4.57 Å². The molecule has 2 atom stereocenters. The molecule has 0 radical (unpaired) electrons. The minimum Gasteiger partial charge on any atom is -0.462 e. The van der Waals surface area contributed by atoms with Gasteiger partial charge in [0, 0.05) is 49.1 Å². The fourth-order valence-corrected chi connectivity index (χ4v) is 4.86. The van der Waals surface area contributed by atoms with E-state index in [9.17, 15) is 14.4 Å². The summed E-state index contributed by atoms with van der Waals surface area (Å²) in [5, 5.41) is 0.203. The van der Waals surface area contributed by atoms with Crippen molar-refractivity contribution in [2.24, 2.45) is 5.73 Å². The van der Waals surface area contributed by atoms with Crippen LogP contribution in [0.25, 0.3) is 10.9 Å². The maximum Gasteiger partial charge on any atom is 0.343 e. The second-order valence-corrected chi connectivity index (χ2v) is 9.30. The van der Waals surface area contributed by atoms with E-state index in [2.05, 4.69) is 0 Å². The van der Waals surface area contributed by atoms with Crippen LogP contribution in [0, 0.1) is 5.82 Å². The number of nitrogens with zero attached hydrogens (tertiary/aromatic N) is 2. The largest absolute Gasteiger partial charge is 0.462 e. The van der Waals surface area contributed by atoms with E-state index in [1.807, 2.05) is 23.3 Å². The lowest BCUT2D eigenvalue weighted by atomic mass is 9.93. The average molecular weight is 474 g/mol. The average Bonchev–Trinajstić information content (AvgIpc) is 2.81. The topological polar surface area (TPSA) is 104 Å². The van der Waals surface area contributed by atoms with Crippen molar-refractivity contribution >= 4 is 28.5 Å². The number of anilines is 1. The van der Waals surface area contributed by atoms with Crippen LogP contribution in [0.1, 0.15) is 68.4 Å². The first-order valence-electron chi connectivity index (χ1n) is 12.0. The lowest BCUT2D eigenvalue weighted by Gasteiger charge is -2.37. The predicted molar refractivity (Wildman–Crippen MR) is 127 cm³/mol. The first-order valence-corrected chi connectivity index (χ1v) is 12.0. The Morgan fingerprint density at radius 2 is 1.97 bits per heavy atom. The zero-order valence-electron chi connectivity index (χ0n) is 19.9. The van der Waals surface area contributed by atoms with Crippen molar-refractivity contribution in [2.45, 2.75) is 71.1 Å². The molecule has 2 aliphatic heterocycles. The normalized spacial score (nSPS) is 19.2. The van der Waals surface area contributed by atoms with Gasteiger partial charge in [0.15, 0.2) is 0 Å². The highest BCUT2D eigenvalue weighted by Gasteiger charge is 2.31. The van der Waals surface area contributed by atoms with Crippen molar-refractivity contribution in [1.29, 1.82) is 0 Å². The standard InChI is InChI=1S/C25H32FN3O5/c1-4-11-33-25(32)19-13-29-14(2)5-6-17-21(29)18(23(19)30)12-20(26)22(17)28-9-7-16(8-10-28)34-24(31)15(3)27/h12-16H,4-11,27H2,1-3H3/t14-,15-/m0/s1. The van der Waals surface area contributed by atoms with Crippen molar-refractivity contribution in [2.75, 3.05) is 24.6 Å². The van der Waals surface area contributed by atoms with Crippen LogP contribution in [0.5, 0.6) is 0 Å². The Hall–Kier alpha value is -2.94. The number of hydrogen-bond donors (Lipinski definition) is 1. The maximum absolute atomic E-state index is 15.5. The smallest absolute Gasteiger partial charge is 0.343 e. The molecule has 34 heavy (non-hydrogen) atoms. The molecule has 0 bridgehead atoms. The summed E-state index contributed by atoms with van der Waals surface area (Å²) in [7, 11) is 0. The van der Waals surface area contributed by atoms with E-state index >= 15 is 4.39 Å². The van der Waals surface area contributed by atoms with Crippen LogP contribution in [0.2, 0.25) is 0 Å². The number of rotatable bonds is 6. The lowest BCUT2D eigenvalue weighted by Crippen LogP contribution is -2.41. The van der Waals surface area contributed by atoms with Gasteiger partial charge in [-0.3, -0.25) is 9.59 Å². The van der Waals surface area contributed by atoms with Gasteiger partial charge in [0.25, 0.3) is 0 Å². The molecule has 1 aromatic heterocycles. The Morgan fingerprint density at radius 1 is 1.26 bits per heavy atom. The van der Waals surface area contributed by atoms with Crippen LogP contribution in [-0.2, 0) is 20.7 Å². The number of aryl methyl sites for hydroxylation is 1.